The monoisotopic (exact) mass is 387 g/mol. The average Bonchev–Trinajstić information content (AvgIpc) is 3.45. The van der Waals surface area contributed by atoms with Crippen LogP contribution in [0.5, 0.6) is 0 Å². The molecule has 2 aliphatic rings. The minimum atomic E-state index is -0.398. The lowest BCUT2D eigenvalue weighted by Crippen LogP contribution is -2.44. The molecule has 0 aliphatic carbocycles. The average molecular weight is 387 g/mol. The van der Waals surface area contributed by atoms with Gasteiger partial charge in [0.1, 0.15) is 19.0 Å². The molecule has 2 fully saturated rings. The summed E-state index contributed by atoms with van der Waals surface area (Å²) in [4.78, 5) is 31.4. The highest BCUT2D eigenvalue weighted by molar-refractivity contribution is 5.83. The molecule has 150 valence electrons. The van der Waals surface area contributed by atoms with Crippen LogP contribution in [-0.2, 0) is 22.6 Å². The van der Waals surface area contributed by atoms with E-state index in [-0.39, 0.29) is 18.4 Å². The Kier molecular flexibility index (Phi) is 5.27. The maximum Gasteiger partial charge on any atom is 0.410 e. The van der Waals surface area contributed by atoms with E-state index in [2.05, 4.69) is 26.7 Å². The van der Waals surface area contributed by atoms with Gasteiger partial charge in [-0.3, -0.25) is 9.69 Å². The van der Waals surface area contributed by atoms with Gasteiger partial charge in [-0.2, -0.15) is 0 Å². The third-order valence-electron chi connectivity index (χ3n) is 5.44. The van der Waals surface area contributed by atoms with Crippen LogP contribution in [0, 0.1) is 0 Å². The van der Waals surface area contributed by atoms with Crippen LogP contribution in [0.25, 0.3) is 0 Å². The minimum Gasteiger partial charge on any atom is -0.448 e. The molecule has 28 heavy (non-hydrogen) atoms. The molecule has 4 heterocycles. The Balaban J connectivity index is 1.36. The third kappa shape index (κ3) is 3.71. The van der Waals surface area contributed by atoms with Gasteiger partial charge in [0.05, 0.1) is 19.4 Å². The minimum absolute atomic E-state index is 0.0185. The van der Waals surface area contributed by atoms with Crippen molar-refractivity contribution in [1.29, 1.82) is 0 Å². The number of amides is 2. The van der Waals surface area contributed by atoms with Gasteiger partial charge >= 0.3 is 6.09 Å². The fourth-order valence-corrected chi connectivity index (χ4v) is 3.88. The summed E-state index contributed by atoms with van der Waals surface area (Å²) in [5.41, 5.74) is 0. The zero-order valence-corrected chi connectivity index (χ0v) is 16.0. The Morgan fingerprint density at radius 3 is 2.71 bits per heavy atom. The van der Waals surface area contributed by atoms with Crippen molar-refractivity contribution in [2.75, 3.05) is 32.8 Å². The number of imidazole rings is 1. The number of piperidine rings is 1. The Labute approximate surface area is 163 Å². The van der Waals surface area contributed by atoms with Gasteiger partial charge in [0.25, 0.3) is 0 Å². The summed E-state index contributed by atoms with van der Waals surface area (Å²) in [6.07, 6.45) is 6.73. The molecule has 0 atom stereocenters. The lowest BCUT2D eigenvalue weighted by atomic mass is 9.95. The third-order valence-corrected chi connectivity index (χ3v) is 5.44. The van der Waals surface area contributed by atoms with Crippen molar-refractivity contribution in [1.82, 2.24) is 34.1 Å². The Morgan fingerprint density at radius 1 is 1.25 bits per heavy atom. The van der Waals surface area contributed by atoms with Crippen molar-refractivity contribution in [3.05, 3.63) is 30.4 Å². The highest BCUT2D eigenvalue weighted by Crippen LogP contribution is 2.27. The number of rotatable bonds is 6. The van der Waals surface area contributed by atoms with E-state index < -0.39 is 6.09 Å². The van der Waals surface area contributed by atoms with E-state index in [1.54, 1.807) is 12.5 Å². The second-order valence-electron chi connectivity index (χ2n) is 7.14. The molecule has 0 radical (unpaired) electrons. The number of carbonyl (C=O) groups is 2. The second-order valence-corrected chi connectivity index (χ2v) is 7.14. The van der Waals surface area contributed by atoms with E-state index in [1.165, 1.54) is 4.90 Å². The van der Waals surface area contributed by atoms with Crippen molar-refractivity contribution in [2.24, 2.45) is 0 Å². The molecule has 0 bridgehead atoms. The van der Waals surface area contributed by atoms with Crippen molar-refractivity contribution in [3.63, 3.8) is 0 Å². The maximum atomic E-state index is 12.5. The number of likely N-dealkylation sites (tertiary alicyclic amines) is 1. The van der Waals surface area contributed by atoms with Crippen LogP contribution in [-0.4, -0.2) is 78.9 Å². The largest absolute Gasteiger partial charge is 0.448 e. The van der Waals surface area contributed by atoms with Crippen LogP contribution in [0.4, 0.5) is 4.79 Å². The summed E-state index contributed by atoms with van der Waals surface area (Å²) in [6, 6.07) is 0. The highest BCUT2D eigenvalue weighted by Gasteiger charge is 2.30. The molecule has 4 rings (SSSR count). The number of carbonyl (C=O) groups excluding carboxylic acids is 2. The van der Waals surface area contributed by atoms with Gasteiger partial charge in [-0.25, -0.2) is 9.78 Å². The molecule has 2 aromatic heterocycles. The fraction of sp³-hybridized carbons (Fsp3) is 0.611. The second kappa shape index (κ2) is 7.99. The molecule has 0 N–H and O–H groups in total. The predicted octanol–water partition coefficient (Wildman–Crippen LogP) is 0.701. The summed E-state index contributed by atoms with van der Waals surface area (Å²) in [6.45, 7) is 5.83. The molecule has 2 amide bonds. The highest BCUT2D eigenvalue weighted by atomic mass is 16.6. The number of ether oxygens (including phenoxy) is 1. The first-order chi connectivity index (χ1) is 13.7. The summed E-state index contributed by atoms with van der Waals surface area (Å²) >= 11 is 0. The van der Waals surface area contributed by atoms with E-state index in [0.717, 1.165) is 31.0 Å². The molecule has 0 unspecified atom stereocenters. The molecule has 2 aliphatic heterocycles. The van der Waals surface area contributed by atoms with Crippen molar-refractivity contribution >= 4 is 12.0 Å². The smallest absolute Gasteiger partial charge is 0.410 e. The van der Waals surface area contributed by atoms with E-state index in [0.29, 0.717) is 32.8 Å². The Morgan fingerprint density at radius 2 is 2.07 bits per heavy atom. The number of hydrogen-bond donors (Lipinski definition) is 0. The van der Waals surface area contributed by atoms with Gasteiger partial charge in [-0.15, -0.1) is 10.2 Å². The molecule has 0 aromatic carbocycles. The molecule has 0 saturated carbocycles. The topological polar surface area (TPSA) is 98.4 Å². The lowest BCUT2D eigenvalue weighted by Gasteiger charge is -2.32. The van der Waals surface area contributed by atoms with Crippen molar-refractivity contribution < 1.29 is 14.3 Å². The van der Waals surface area contributed by atoms with Gasteiger partial charge in [0.2, 0.25) is 5.91 Å². The van der Waals surface area contributed by atoms with Crippen LogP contribution in [0.3, 0.4) is 0 Å². The number of nitrogens with zero attached hydrogens (tertiary/aromatic N) is 7. The first kappa shape index (κ1) is 18.5. The Hall–Kier alpha value is -2.91. The summed E-state index contributed by atoms with van der Waals surface area (Å²) in [7, 11) is 0. The maximum absolute atomic E-state index is 12.5. The van der Waals surface area contributed by atoms with Crippen LogP contribution in [0.15, 0.2) is 18.7 Å². The summed E-state index contributed by atoms with van der Waals surface area (Å²) in [5.74, 6) is 2.18. The van der Waals surface area contributed by atoms with E-state index in [1.807, 2.05) is 15.7 Å². The van der Waals surface area contributed by atoms with Crippen molar-refractivity contribution in [2.45, 2.75) is 38.8 Å². The van der Waals surface area contributed by atoms with Crippen LogP contribution >= 0.6 is 0 Å². The number of aromatic nitrogens is 5. The molecule has 10 heteroatoms. The fourth-order valence-electron chi connectivity index (χ4n) is 3.88. The molecule has 10 nitrogen and oxygen atoms in total. The van der Waals surface area contributed by atoms with Crippen LogP contribution < -0.4 is 0 Å². The van der Waals surface area contributed by atoms with Gasteiger partial charge in [0.15, 0.2) is 5.82 Å². The standard InChI is InChI=1S/C18H25N7O3/c1-2-25-15(11-22-8-5-19-13-22)20-21-17(25)14-3-6-23(7-4-14)16(26)12-24-9-10-28-18(24)27/h5,8,13-14H,2-4,6-7,9-12H2,1H3. The molecule has 2 saturated heterocycles. The first-order valence-electron chi connectivity index (χ1n) is 9.73. The predicted molar refractivity (Wildman–Crippen MR) is 98.5 cm³/mol. The first-order valence-corrected chi connectivity index (χ1v) is 9.73. The lowest BCUT2D eigenvalue weighted by molar-refractivity contribution is -0.132. The summed E-state index contributed by atoms with van der Waals surface area (Å²) < 4.78 is 9.03. The molecule has 0 spiro atoms. The number of hydrogen-bond acceptors (Lipinski definition) is 6. The normalized spacial score (nSPS) is 18.0. The van der Waals surface area contributed by atoms with Gasteiger partial charge in [-0.1, -0.05) is 0 Å². The Bertz CT molecular complexity index is 824. The number of cyclic esters (lactones) is 1. The van der Waals surface area contributed by atoms with Gasteiger partial charge < -0.3 is 18.8 Å². The molecule has 2 aromatic rings. The van der Waals surface area contributed by atoms with Gasteiger partial charge in [0, 0.05) is 37.9 Å². The van der Waals surface area contributed by atoms with Crippen LogP contribution in [0.2, 0.25) is 0 Å². The summed E-state index contributed by atoms with van der Waals surface area (Å²) in [5, 5.41) is 8.85. The zero-order valence-electron chi connectivity index (χ0n) is 16.0. The quantitative estimate of drug-likeness (QED) is 0.724. The van der Waals surface area contributed by atoms with Crippen molar-refractivity contribution in [3.8, 4) is 0 Å². The van der Waals surface area contributed by atoms with Gasteiger partial charge in [-0.05, 0) is 19.8 Å². The molecular weight excluding hydrogens is 362 g/mol. The SMILES string of the molecule is CCn1c(Cn2ccnc2)nnc1C1CCN(C(=O)CN2CCOC2=O)CC1. The van der Waals surface area contributed by atoms with E-state index in [4.69, 9.17) is 4.74 Å². The zero-order chi connectivity index (χ0) is 19.5. The van der Waals surface area contributed by atoms with E-state index in [9.17, 15) is 9.59 Å². The van der Waals surface area contributed by atoms with E-state index >= 15 is 0 Å². The van der Waals surface area contributed by atoms with Crippen LogP contribution in [0.1, 0.15) is 37.3 Å². The molecular formula is C18H25N7O3.